The van der Waals surface area contributed by atoms with Gasteiger partial charge >= 0.3 is 5.69 Å². The number of hydrogen-bond acceptors (Lipinski definition) is 4. The Morgan fingerprint density at radius 3 is 3.00 bits per heavy atom. The minimum absolute atomic E-state index is 0.305. The summed E-state index contributed by atoms with van der Waals surface area (Å²) < 4.78 is 15.6. The summed E-state index contributed by atoms with van der Waals surface area (Å²) in [5.41, 5.74) is -0.165. The van der Waals surface area contributed by atoms with E-state index in [0.717, 1.165) is 11.9 Å². The number of nitrogens with zero attached hydrogens (tertiary/aromatic N) is 4. The van der Waals surface area contributed by atoms with E-state index in [1.54, 1.807) is 17.2 Å². The van der Waals surface area contributed by atoms with Gasteiger partial charge in [0, 0.05) is 25.5 Å². The van der Waals surface area contributed by atoms with Crippen molar-refractivity contribution in [3.8, 4) is 0 Å². The Morgan fingerprint density at radius 2 is 2.21 bits per heavy atom. The van der Waals surface area contributed by atoms with Gasteiger partial charge in [0.15, 0.2) is 0 Å². The Bertz CT molecular complexity index is 640. The maximum Gasteiger partial charge on any atom is 0.327 e. The highest BCUT2D eigenvalue weighted by Crippen LogP contribution is 2.32. The second-order valence-corrected chi connectivity index (χ2v) is 4.32. The number of fused-ring (bicyclic) bond motifs is 1. The Balaban J connectivity index is 2.00. The van der Waals surface area contributed by atoms with Crippen molar-refractivity contribution >= 4 is 11.4 Å². The zero-order chi connectivity index (χ0) is 13.4. The number of imidazole rings is 1. The van der Waals surface area contributed by atoms with E-state index in [2.05, 4.69) is 4.98 Å². The number of para-hydroxylation sites is 1. The number of aromatic nitrogens is 2. The molecule has 2 aromatic rings. The molecular formula is C12H11FN4O2. The number of benzene rings is 1. The fourth-order valence-electron chi connectivity index (χ4n) is 2.32. The van der Waals surface area contributed by atoms with Crippen LogP contribution in [0.15, 0.2) is 30.6 Å². The zero-order valence-electron chi connectivity index (χ0n) is 9.99. The van der Waals surface area contributed by atoms with Crippen molar-refractivity contribution in [2.75, 3.05) is 11.4 Å². The zero-order valence-corrected chi connectivity index (χ0v) is 9.99. The molecule has 1 aliphatic heterocycles. The third kappa shape index (κ3) is 1.92. The summed E-state index contributed by atoms with van der Waals surface area (Å²) in [4.78, 5) is 16.3. The van der Waals surface area contributed by atoms with Gasteiger partial charge in [-0.2, -0.15) is 4.39 Å². The largest absolute Gasteiger partial charge is 0.357 e. The van der Waals surface area contributed by atoms with Crippen LogP contribution in [-0.4, -0.2) is 21.0 Å². The maximum absolute atomic E-state index is 13.6. The van der Waals surface area contributed by atoms with Crippen LogP contribution in [0, 0.1) is 15.9 Å². The summed E-state index contributed by atoms with van der Waals surface area (Å²) in [6.07, 6.45) is 3.56. The van der Waals surface area contributed by atoms with Crippen molar-refractivity contribution in [1.29, 1.82) is 0 Å². The third-order valence-corrected chi connectivity index (χ3v) is 3.23. The number of nitro groups is 1. The van der Waals surface area contributed by atoms with Crippen molar-refractivity contribution in [1.82, 2.24) is 9.55 Å². The number of hydrogen-bond donors (Lipinski definition) is 0. The molecule has 0 atom stereocenters. The highest BCUT2D eigenvalue weighted by Gasteiger charge is 2.26. The Hall–Kier alpha value is -2.44. The first-order valence-electron chi connectivity index (χ1n) is 5.84. The molecule has 0 N–H and O–H groups in total. The van der Waals surface area contributed by atoms with Crippen LogP contribution in [0.5, 0.6) is 0 Å². The lowest BCUT2D eigenvalue weighted by atomic mass is 10.2. The summed E-state index contributed by atoms with van der Waals surface area (Å²) in [5, 5.41) is 11.0. The predicted molar refractivity (Wildman–Crippen MR) is 66.3 cm³/mol. The minimum atomic E-state index is -0.809. The highest BCUT2D eigenvalue weighted by atomic mass is 19.1. The molecule has 1 aliphatic rings. The molecule has 0 amide bonds. The molecule has 19 heavy (non-hydrogen) atoms. The monoisotopic (exact) mass is 262 g/mol. The van der Waals surface area contributed by atoms with Crippen molar-refractivity contribution in [3.63, 3.8) is 0 Å². The lowest BCUT2D eigenvalue weighted by Gasteiger charge is -2.29. The van der Waals surface area contributed by atoms with E-state index in [0.29, 0.717) is 25.3 Å². The van der Waals surface area contributed by atoms with Crippen molar-refractivity contribution in [2.45, 2.75) is 13.1 Å². The molecule has 0 bridgehead atoms. The van der Waals surface area contributed by atoms with Crippen LogP contribution in [0.1, 0.15) is 5.82 Å². The van der Waals surface area contributed by atoms with E-state index < -0.39 is 16.4 Å². The van der Waals surface area contributed by atoms with Gasteiger partial charge < -0.3 is 9.47 Å². The molecule has 1 aromatic heterocycles. The van der Waals surface area contributed by atoms with Gasteiger partial charge in [0.1, 0.15) is 11.5 Å². The highest BCUT2D eigenvalue weighted by molar-refractivity contribution is 5.64. The summed E-state index contributed by atoms with van der Waals surface area (Å²) in [7, 11) is 0. The van der Waals surface area contributed by atoms with Gasteiger partial charge in [-0.15, -0.1) is 0 Å². The van der Waals surface area contributed by atoms with E-state index in [4.69, 9.17) is 0 Å². The quantitative estimate of drug-likeness (QED) is 0.613. The average molecular weight is 262 g/mol. The SMILES string of the molecule is O=[N+]([O-])c1c(F)cccc1N1CCn2ccnc2C1. The molecular weight excluding hydrogens is 251 g/mol. The number of nitro benzene ring substituents is 1. The van der Waals surface area contributed by atoms with Crippen molar-refractivity contribution in [3.05, 3.63) is 52.3 Å². The molecule has 1 aromatic carbocycles. The maximum atomic E-state index is 13.6. The van der Waals surface area contributed by atoms with Crippen LogP contribution in [0.4, 0.5) is 15.8 Å². The van der Waals surface area contributed by atoms with Crippen LogP contribution in [0.2, 0.25) is 0 Å². The summed E-state index contributed by atoms with van der Waals surface area (Å²) in [6, 6.07) is 4.16. The van der Waals surface area contributed by atoms with E-state index in [1.165, 1.54) is 6.07 Å². The van der Waals surface area contributed by atoms with Gasteiger partial charge in [0.25, 0.3) is 0 Å². The third-order valence-electron chi connectivity index (χ3n) is 3.23. The fraction of sp³-hybridized carbons (Fsp3) is 0.250. The van der Waals surface area contributed by atoms with Crippen LogP contribution in [0.3, 0.4) is 0 Å². The van der Waals surface area contributed by atoms with Crippen LogP contribution < -0.4 is 4.90 Å². The second kappa shape index (κ2) is 4.34. The van der Waals surface area contributed by atoms with Gasteiger partial charge in [-0.3, -0.25) is 10.1 Å². The van der Waals surface area contributed by atoms with Crippen LogP contribution in [0.25, 0.3) is 0 Å². The lowest BCUT2D eigenvalue weighted by molar-refractivity contribution is -0.386. The van der Waals surface area contributed by atoms with Crippen molar-refractivity contribution in [2.24, 2.45) is 0 Å². The summed E-state index contributed by atoms with van der Waals surface area (Å²) in [6.45, 7) is 1.72. The van der Waals surface area contributed by atoms with Gasteiger partial charge in [0.2, 0.25) is 5.82 Å². The summed E-state index contributed by atoms with van der Waals surface area (Å²) in [5.74, 6) is 0.0150. The minimum Gasteiger partial charge on any atom is -0.357 e. The predicted octanol–water partition coefficient (Wildman–Crippen LogP) is 1.95. The second-order valence-electron chi connectivity index (χ2n) is 4.32. The number of rotatable bonds is 2. The van der Waals surface area contributed by atoms with E-state index in [1.807, 2.05) is 10.8 Å². The number of anilines is 1. The molecule has 7 heteroatoms. The Morgan fingerprint density at radius 1 is 1.37 bits per heavy atom. The van der Waals surface area contributed by atoms with Crippen LogP contribution >= 0.6 is 0 Å². The first-order chi connectivity index (χ1) is 9.16. The molecule has 6 nitrogen and oxygen atoms in total. The van der Waals surface area contributed by atoms with Crippen LogP contribution in [-0.2, 0) is 13.1 Å². The topological polar surface area (TPSA) is 64.2 Å². The van der Waals surface area contributed by atoms with Gasteiger partial charge in [-0.1, -0.05) is 6.07 Å². The first-order valence-corrected chi connectivity index (χ1v) is 5.84. The Labute approximate surface area is 108 Å². The molecule has 0 saturated heterocycles. The molecule has 0 saturated carbocycles. The smallest absolute Gasteiger partial charge is 0.327 e. The standard InChI is InChI=1S/C12H11FN4O2/c13-9-2-1-3-10(12(9)17(18)19)16-7-6-15-5-4-14-11(15)8-16/h1-5H,6-8H2. The molecule has 0 radical (unpaired) electrons. The van der Waals surface area contributed by atoms with E-state index >= 15 is 0 Å². The fourth-order valence-corrected chi connectivity index (χ4v) is 2.32. The molecule has 0 spiro atoms. The molecule has 2 heterocycles. The molecule has 3 rings (SSSR count). The normalized spacial score (nSPS) is 14.3. The molecule has 98 valence electrons. The molecule has 0 fully saturated rings. The van der Waals surface area contributed by atoms with Gasteiger partial charge in [-0.25, -0.2) is 4.98 Å². The Kier molecular flexibility index (Phi) is 2.66. The number of halogens is 1. The molecule has 0 aliphatic carbocycles. The first kappa shape index (κ1) is 11.6. The summed E-state index contributed by atoms with van der Waals surface area (Å²) >= 11 is 0. The van der Waals surface area contributed by atoms with Gasteiger partial charge in [0.05, 0.1) is 11.5 Å². The van der Waals surface area contributed by atoms with Gasteiger partial charge in [-0.05, 0) is 12.1 Å². The van der Waals surface area contributed by atoms with Crippen molar-refractivity contribution < 1.29 is 9.31 Å². The van der Waals surface area contributed by atoms with E-state index in [9.17, 15) is 14.5 Å². The molecule has 0 unspecified atom stereocenters. The van der Waals surface area contributed by atoms with E-state index in [-0.39, 0.29) is 0 Å². The lowest BCUT2D eigenvalue weighted by Crippen LogP contribution is -2.34. The average Bonchev–Trinajstić information content (AvgIpc) is 2.85.